The number of anilines is 1. The number of nitrogen functional groups attached to an aromatic ring is 1. The molecule has 0 saturated carbocycles. The molecule has 1 rings (SSSR count). The number of rotatable bonds is 3. The number of carboxylic acids is 1. The highest BCUT2D eigenvalue weighted by Gasteiger charge is 2.13. The number of thioether (sulfide) groups is 1. The Bertz CT molecular complexity index is 393. The lowest BCUT2D eigenvalue weighted by molar-refractivity contribution is 0.0698. The van der Waals surface area contributed by atoms with E-state index >= 15 is 0 Å². The summed E-state index contributed by atoms with van der Waals surface area (Å²) in [6.07, 6.45) is 0. The average molecular weight is 290 g/mol. The van der Waals surface area contributed by atoms with Crippen LogP contribution in [0.4, 0.5) is 5.69 Å². The molecule has 1 aromatic rings. The fraction of sp³-hybridized carbons (Fsp3) is 0.300. The van der Waals surface area contributed by atoms with Gasteiger partial charge in [0.05, 0.1) is 5.56 Å². The third-order valence-corrected chi connectivity index (χ3v) is 3.68. The molecule has 0 unspecified atom stereocenters. The Labute approximate surface area is 101 Å². The van der Waals surface area contributed by atoms with Crippen molar-refractivity contribution in [3.05, 3.63) is 22.2 Å². The largest absolute Gasteiger partial charge is 0.478 e. The molecule has 3 nitrogen and oxygen atoms in total. The number of halogens is 1. The molecule has 0 aliphatic rings. The number of hydrogen-bond acceptors (Lipinski definition) is 3. The molecule has 0 radical (unpaired) electrons. The van der Waals surface area contributed by atoms with Gasteiger partial charge in [0, 0.05) is 20.3 Å². The topological polar surface area (TPSA) is 63.3 Å². The van der Waals surface area contributed by atoms with Crippen molar-refractivity contribution in [3.63, 3.8) is 0 Å². The van der Waals surface area contributed by atoms with Gasteiger partial charge in [0.1, 0.15) is 0 Å². The Kier molecular flexibility index (Phi) is 4.04. The monoisotopic (exact) mass is 289 g/mol. The van der Waals surface area contributed by atoms with Gasteiger partial charge in [0.15, 0.2) is 0 Å². The molecule has 0 aliphatic heterocycles. The predicted octanol–water partition coefficient (Wildman–Crippen LogP) is 3.23. The van der Waals surface area contributed by atoms with Crippen LogP contribution in [0.15, 0.2) is 21.5 Å². The van der Waals surface area contributed by atoms with Crippen molar-refractivity contribution in [1.29, 1.82) is 0 Å². The van der Waals surface area contributed by atoms with Crippen LogP contribution < -0.4 is 5.73 Å². The molecule has 0 atom stereocenters. The Morgan fingerprint density at radius 2 is 2.13 bits per heavy atom. The summed E-state index contributed by atoms with van der Waals surface area (Å²) < 4.78 is 0.837. The number of benzene rings is 1. The van der Waals surface area contributed by atoms with Crippen LogP contribution in [-0.2, 0) is 0 Å². The zero-order chi connectivity index (χ0) is 11.6. The molecule has 0 heterocycles. The average Bonchev–Trinajstić information content (AvgIpc) is 2.08. The molecule has 0 aliphatic carbocycles. The Hall–Kier alpha value is -0.680. The first-order chi connectivity index (χ1) is 6.91. The maximum atomic E-state index is 10.9. The van der Waals surface area contributed by atoms with Crippen molar-refractivity contribution in [3.8, 4) is 0 Å². The molecule has 15 heavy (non-hydrogen) atoms. The van der Waals surface area contributed by atoms with E-state index in [1.807, 2.05) is 13.8 Å². The summed E-state index contributed by atoms with van der Waals surface area (Å²) in [6.45, 7) is 4.10. The van der Waals surface area contributed by atoms with E-state index < -0.39 is 5.97 Å². The highest BCUT2D eigenvalue weighted by Crippen LogP contribution is 2.33. The van der Waals surface area contributed by atoms with Gasteiger partial charge >= 0.3 is 5.97 Å². The summed E-state index contributed by atoms with van der Waals surface area (Å²) in [6, 6.07) is 3.24. The molecule has 0 fully saturated rings. The maximum Gasteiger partial charge on any atom is 0.337 e. The van der Waals surface area contributed by atoms with Crippen LogP contribution in [0.25, 0.3) is 0 Å². The highest BCUT2D eigenvalue weighted by molar-refractivity contribution is 9.10. The van der Waals surface area contributed by atoms with E-state index in [2.05, 4.69) is 15.9 Å². The fourth-order valence-electron chi connectivity index (χ4n) is 1.10. The number of nitrogens with two attached hydrogens (primary N) is 1. The maximum absolute atomic E-state index is 10.9. The molecule has 0 bridgehead atoms. The van der Waals surface area contributed by atoms with E-state index in [1.54, 1.807) is 23.9 Å². The van der Waals surface area contributed by atoms with Gasteiger partial charge in [-0.2, -0.15) is 0 Å². The lowest BCUT2D eigenvalue weighted by Crippen LogP contribution is -2.03. The molecule has 0 spiro atoms. The van der Waals surface area contributed by atoms with Crippen LogP contribution in [0.2, 0.25) is 0 Å². The lowest BCUT2D eigenvalue weighted by Gasteiger charge is -2.10. The second-order valence-electron chi connectivity index (χ2n) is 3.34. The molecule has 0 aromatic heterocycles. The summed E-state index contributed by atoms with van der Waals surface area (Å²) in [5.74, 6) is -0.995. The summed E-state index contributed by atoms with van der Waals surface area (Å²) in [4.78, 5) is 11.8. The van der Waals surface area contributed by atoms with Gasteiger partial charge in [-0.05, 0) is 28.1 Å². The first-order valence-corrected chi connectivity index (χ1v) is 6.08. The van der Waals surface area contributed by atoms with Crippen molar-refractivity contribution < 1.29 is 9.90 Å². The molecule has 0 saturated heterocycles. The summed E-state index contributed by atoms with van der Waals surface area (Å²) >= 11 is 4.96. The van der Waals surface area contributed by atoms with E-state index in [0.29, 0.717) is 5.25 Å². The number of aromatic carboxylic acids is 1. The second kappa shape index (κ2) is 4.90. The number of carbonyl (C=O) groups is 1. The normalized spacial score (nSPS) is 10.7. The van der Waals surface area contributed by atoms with Crippen LogP contribution in [-0.4, -0.2) is 16.3 Å². The fourth-order valence-corrected chi connectivity index (χ4v) is 2.60. The van der Waals surface area contributed by atoms with E-state index in [1.165, 1.54) is 0 Å². The van der Waals surface area contributed by atoms with Gasteiger partial charge in [0.2, 0.25) is 0 Å². The third kappa shape index (κ3) is 3.14. The standard InChI is InChI=1S/C10H12BrNO2S/c1-5(2)15-9-3-6(10(13)14)8(12)4-7(9)11/h3-5H,12H2,1-2H3,(H,13,14). The minimum atomic E-state index is -0.995. The summed E-state index contributed by atoms with van der Waals surface area (Å²) in [5, 5.41) is 9.31. The van der Waals surface area contributed by atoms with E-state index in [0.717, 1.165) is 9.37 Å². The van der Waals surface area contributed by atoms with Crippen LogP contribution in [0.5, 0.6) is 0 Å². The molecule has 3 N–H and O–H groups in total. The summed E-state index contributed by atoms with van der Waals surface area (Å²) in [7, 11) is 0. The summed E-state index contributed by atoms with van der Waals surface area (Å²) in [5.41, 5.74) is 6.04. The van der Waals surface area contributed by atoms with E-state index in [4.69, 9.17) is 10.8 Å². The van der Waals surface area contributed by atoms with Gasteiger partial charge in [-0.3, -0.25) is 0 Å². The van der Waals surface area contributed by atoms with Gasteiger partial charge in [-0.1, -0.05) is 13.8 Å². The molecular formula is C10H12BrNO2S. The van der Waals surface area contributed by atoms with Crippen LogP contribution in [0, 0.1) is 0 Å². The zero-order valence-electron chi connectivity index (χ0n) is 8.45. The minimum Gasteiger partial charge on any atom is -0.478 e. The highest BCUT2D eigenvalue weighted by atomic mass is 79.9. The van der Waals surface area contributed by atoms with Crippen LogP contribution >= 0.6 is 27.7 Å². The zero-order valence-corrected chi connectivity index (χ0v) is 10.9. The van der Waals surface area contributed by atoms with Crippen LogP contribution in [0.3, 0.4) is 0 Å². The Balaban J connectivity index is 3.17. The molecule has 5 heteroatoms. The van der Waals surface area contributed by atoms with E-state index in [-0.39, 0.29) is 11.3 Å². The first-order valence-electron chi connectivity index (χ1n) is 4.40. The quantitative estimate of drug-likeness (QED) is 0.662. The second-order valence-corrected chi connectivity index (χ2v) is 5.81. The van der Waals surface area contributed by atoms with Crippen molar-refractivity contribution in [2.45, 2.75) is 24.0 Å². The molecule has 1 aromatic carbocycles. The van der Waals surface area contributed by atoms with Crippen molar-refractivity contribution in [2.24, 2.45) is 0 Å². The predicted molar refractivity (Wildman–Crippen MR) is 66.5 cm³/mol. The number of hydrogen-bond donors (Lipinski definition) is 2. The van der Waals surface area contributed by atoms with Gasteiger partial charge in [0.25, 0.3) is 0 Å². The van der Waals surface area contributed by atoms with Gasteiger partial charge in [-0.15, -0.1) is 11.8 Å². The molecular weight excluding hydrogens is 278 g/mol. The number of carboxylic acid groups (broad SMARTS) is 1. The van der Waals surface area contributed by atoms with Crippen molar-refractivity contribution in [1.82, 2.24) is 0 Å². The van der Waals surface area contributed by atoms with E-state index in [9.17, 15) is 4.79 Å². The lowest BCUT2D eigenvalue weighted by atomic mass is 10.2. The Morgan fingerprint density at radius 3 is 2.60 bits per heavy atom. The SMILES string of the molecule is CC(C)Sc1cc(C(=O)O)c(N)cc1Br. The van der Waals surface area contributed by atoms with Gasteiger partial charge in [-0.25, -0.2) is 4.79 Å². The Morgan fingerprint density at radius 1 is 1.53 bits per heavy atom. The third-order valence-electron chi connectivity index (χ3n) is 1.70. The van der Waals surface area contributed by atoms with Crippen molar-refractivity contribution in [2.75, 3.05) is 5.73 Å². The van der Waals surface area contributed by atoms with Gasteiger partial charge < -0.3 is 10.8 Å². The van der Waals surface area contributed by atoms with Crippen LogP contribution in [0.1, 0.15) is 24.2 Å². The van der Waals surface area contributed by atoms with Crippen molar-refractivity contribution >= 4 is 39.3 Å². The minimum absolute atomic E-state index is 0.154. The molecule has 82 valence electrons. The first kappa shape index (κ1) is 12.4. The molecule has 0 amide bonds. The smallest absolute Gasteiger partial charge is 0.337 e.